The number of ether oxygens (including phenoxy) is 2. The van der Waals surface area contributed by atoms with Crippen LogP contribution in [0.3, 0.4) is 0 Å². The molecule has 3 aliphatic rings. The van der Waals surface area contributed by atoms with Crippen LogP contribution in [-0.2, 0) is 0 Å². The lowest BCUT2D eigenvalue weighted by molar-refractivity contribution is -0.0654. The molecule has 0 amide bonds. The second-order valence-corrected chi connectivity index (χ2v) is 10.7. The van der Waals surface area contributed by atoms with Gasteiger partial charge in [-0.2, -0.15) is 0 Å². The molecule has 1 saturated heterocycles. The summed E-state index contributed by atoms with van der Waals surface area (Å²) < 4.78 is 13.2. The SMILES string of the molecule is c1ccc(C2CC(N3CCN(C4CC(c5ccccc5)c5ccccc5O4)CC3)Oc3ccccc32)cc1. The highest BCUT2D eigenvalue weighted by atomic mass is 16.5. The summed E-state index contributed by atoms with van der Waals surface area (Å²) in [5, 5.41) is 0. The van der Waals surface area contributed by atoms with Crippen molar-refractivity contribution in [1.29, 1.82) is 0 Å². The van der Waals surface area contributed by atoms with Gasteiger partial charge in [-0.3, -0.25) is 9.80 Å². The molecule has 4 aromatic carbocycles. The van der Waals surface area contributed by atoms with Gasteiger partial charge in [0.05, 0.1) is 0 Å². The summed E-state index contributed by atoms with van der Waals surface area (Å²) >= 11 is 0. The van der Waals surface area contributed by atoms with E-state index in [2.05, 4.69) is 119 Å². The number of rotatable bonds is 4. The van der Waals surface area contributed by atoms with E-state index >= 15 is 0 Å². The zero-order valence-electron chi connectivity index (χ0n) is 21.7. The molecule has 0 saturated carbocycles. The molecule has 0 spiro atoms. The Balaban J connectivity index is 1.07. The maximum atomic E-state index is 6.60. The molecule has 1 fully saturated rings. The first-order valence-electron chi connectivity index (χ1n) is 13.9. The topological polar surface area (TPSA) is 24.9 Å². The molecule has 38 heavy (non-hydrogen) atoms. The number of fused-ring (bicyclic) bond motifs is 2. The van der Waals surface area contributed by atoms with E-state index in [1.165, 1.54) is 22.3 Å². The minimum Gasteiger partial charge on any atom is -0.475 e. The Morgan fingerprint density at radius 2 is 0.816 bits per heavy atom. The Bertz CT molecular complexity index is 1260. The van der Waals surface area contributed by atoms with Gasteiger partial charge in [0.15, 0.2) is 12.5 Å². The normalized spacial score (nSPS) is 25.5. The van der Waals surface area contributed by atoms with E-state index < -0.39 is 0 Å². The van der Waals surface area contributed by atoms with E-state index in [0.717, 1.165) is 50.5 Å². The average Bonchev–Trinajstić information content (AvgIpc) is 3.01. The van der Waals surface area contributed by atoms with Crippen molar-refractivity contribution in [2.45, 2.75) is 37.1 Å². The largest absolute Gasteiger partial charge is 0.475 e. The standard InChI is InChI=1S/C34H34N2O2/c1-3-11-25(12-4-1)29-23-33(37-31-17-9-7-15-27(29)31)35-19-21-36(22-20-35)34-24-30(26-13-5-2-6-14-26)28-16-8-10-18-32(28)38-34/h1-18,29-30,33-34H,19-24H2. The fraction of sp³-hybridized carbons (Fsp3) is 0.294. The van der Waals surface area contributed by atoms with Gasteiger partial charge < -0.3 is 9.47 Å². The second-order valence-electron chi connectivity index (χ2n) is 10.7. The van der Waals surface area contributed by atoms with Crippen molar-refractivity contribution in [3.63, 3.8) is 0 Å². The van der Waals surface area contributed by atoms with E-state index in [1.54, 1.807) is 0 Å². The third-order valence-corrected chi connectivity index (χ3v) is 8.56. The average molecular weight is 503 g/mol. The van der Waals surface area contributed by atoms with Crippen LogP contribution in [0.4, 0.5) is 0 Å². The van der Waals surface area contributed by atoms with Gasteiger partial charge in [-0.1, -0.05) is 97.1 Å². The van der Waals surface area contributed by atoms with Crippen molar-refractivity contribution in [2.75, 3.05) is 26.2 Å². The summed E-state index contributed by atoms with van der Waals surface area (Å²) in [5.41, 5.74) is 5.34. The first-order chi connectivity index (χ1) is 18.8. The molecule has 192 valence electrons. The van der Waals surface area contributed by atoms with E-state index in [9.17, 15) is 0 Å². The fourth-order valence-electron chi connectivity index (χ4n) is 6.56. The summed E-state index contributed by atoms with van der Waals surface area (Å²) in [6.07, 6.45) is 2.12. The highest BCUT2D eigenvalue weighted by Crippen LogP contribution is 2.43. The zero-order chi connectivity index (χ0) is 25.3. The Morgan fingerprint density at radius 3 is 1.24 bits per heavy atom. The molecule has 4 nitrogen and oxygen atoms in total. The Hall–Kier alpha value is -3.60. The predicted molar refractivity (Wildman–Crippen MR) is 151 cm³/mol. The fourth-order valence-corrected chi connectivity index (χ4v) is 6.56. The van der Waals surface area contributed by atoms with Gasteiger partial charge in [-0.25, -0.2) is 0 Å². The van der Waals surface area contributed by atoms with Crippen LogP contribution in [-0.4, -0.2) is 48.4 Å². The Kier molecular flexibility index (Phi) is 6.36. The predicted octanol–water partition coefficient (Wildman–Crippen LogP) is 6.49. The monoisotopic (exact) mass is 502 g/mol. The third kappa shape index (κ3) is 4.48. The first kappa shape index (κ1) is 23.5. The van der Waals surface area contributed by atoms with Gasteiger partial charge in [-0.05, 0) is 23.3 Å². The summed E-state index contributed by atoms with van der Waals surface area (Å²) in [6, 6.07) is 38.9. The van der Waals surface area contributed by atoms with Crippen LogP contribution in [0.15, 0.2) is 109 Å². The number of para-hydroxylation sites is 2. The van der Waals surface area contributed by atoms with E-state index in [0.29, 0.717) is 11.8 Å². The van der Waals surface area contributed by atoms with Crippen molar-refractivity contribution in [3.8, 4) is 11.5 Å². The lowest BCUT2D eigenvalue weighted by atomic mass is 9.85. The van der Waals surface area contributed by atoms with Crippen LogP contribution >= 0.6 is 0 Å². The van der Waals surface area contributed by atoms with E-state index in [-0.39, 0.29) is 12.5 Å². The molecule has 4 heteroatoms. The minimum atomic E-state index is 0.0855. The molecule has 0 aliphatic carbocycles. The number of hydrogen-bond acceptors (Lipinski definition) is 4. The van der Waals surface area contributed by atoms with Crippen LogP contribution in [0.2, 0.25) is 0 Å². The quantitative estimate of drug-likeness (QED) is 0.319. The van der Waals surface area contributed by atoms with Crippen LogP contribution < -0.4 is 9.47 Å². The first-order valence-corrected chi connectivity index (χ1v) is 13.9. The smallest absolute Gasteiger partial charge is 0.153 e. The van der Waals surface area contributed by atoms with Crippen molar-refractivity contribution in [1.82, 2.24) is 9.80 Å². The number of benzene rings is 4. The molecule has 4 atom stereocenters. The van der Waals surface area contributed by atoms with Crippen molar-refractivity contribution in [3.05, 3.63) is 131 Å². The molecule has 4 aromatic rings. The number of hydrogen-bond donors (Lipinski definition) is 0. The summed E-state index contributed by atoms with van der Waals surface area (Å²) in [7, 11) is 0. The highest BCUT2D eigenvalue weighted by molar-refractivity contribution is 5.45. The van der Waals surface area contributed by atoms with Gasteiger partial charge >= 0.3 is 0 Å². The molecule has 0 N–H and O–H groups in total. The highest BCUT2D eigenvalue weighted by Gasteiger charge is 2.38. The lowest BCUT2D eigenvalue weighted by Crippen LogP contribution is -2.57. The minimum absolute atomic E-state index is 0.0855. The van der Waals surface area contributed by atoms with Crippen molar-refractivity contribution in [2.24, 2.45) is 0 Å². The van der Waals surface area contributed by atoms with E-state index in [1.807, 2.05) is 0 Å². The molecule has 3 aliphatic heterocycles. The van der Waals surface area contributed by atoms with Crippen molar-refractivity contribution < 1.29 is 9.47 Å². The van der Waals surface area contributed by atoms with Crippen LogP contribution in [0.25, 0.3) is 0 Å². The molecular weight excluding hydrogens is 468 g/mol. The summed E-state index contributed by atoms with van der Waals surface area (Å²) in [4.78, 5) is 5.07. The lowest BCUT2D eigenvalue weighted by Gasteiger charge is -2.45. The Morgan fingerprint density at radius 1 is 0.447 bits per heavy atom. The molecule has 0 bridgehead atoms. The third-order valence-electron chi connectivity index (χ3n) is 8.56. The molecule has 0 aromatic heterocycles. The van der Waals surface area contributed by atoms with Gasteiger partial charge in [0.25, 0.3) is 0 Å². The van der Waals surface area contributed by atoms with Gasteiger partial charge in [0.1, 0.15) is 11.5 Å². The number of nitrogens with zero attached hydrogens (tertiary/aromatic N) is 2. The summed E-state index contributed by atoms with van der Waals surface area (Å²) in [5.74, 6) is 2.76. The Labute approximate surface area is 225 Å². The molecule has 7 rings (SSSR count). The van der Waals surface area contributed by atoms with E-state index in [4.69, 9.17) is 9.47 Å². The maximum Gasteiger partial charge on any atom is 0.153 e. The van der Waals surface area contributed by atoms with Gasteiger partial charge in [-0.15, -0.1) is 0 Å². The van der Waals surface area contributed by atoms with Crippen LogP contribution in [0, 0.1) is 0 Å². The second kappa shape index (κ2) is 10.3. The zero-order valence-corrected chi connectivity index (χ0v) is 21.7. The number of piperazine rings is 1. The maximum absolute atomic E-state index is 6.60. The molecular formula is C34H34N2O2. The molecule has 0 radical (unpaired) electrons. The van der Waals surface area contributed by atoms with Crippen LogP contribution in [0.1, 0.15) is 46.9 Å². The van der Waals surface area contributed by atoms with Gasteiger partial charge in [0.2, 0.25) is 0 Å². The van der Waals surface area contributed by atoms with Crippen LogP contribution in [0.5, 0.6) is 11.5 Å². The summed E-state index contributed by atoms with van der Waals surface area (Å²) in [6.45, 7) is 3.91. The molecule has 3 heterocycles. The van der Waals surface area contributed by atoms with Gasteiger partial charge in [0, 0.05) is 62.0 Å². The van der Waals surface area contributed by atoms with Crippen molar-refractivity contribution >= 4 is 0 Å². The molecule has 4 unspecified atom stereocenters.